The van der Waals surface area contributed by atoms with Crippen LogP contribution >= 0.6 is 0 Å². The van der Waals surface area contributed by atoms with E-state index in [-0.39, 0.29) is 0 Å². The fourth-order valence-electron chi connectivity index (χ4n) is 15.6. The van der Waals surface area contributed by atoms with Crippen molar-refractivity contribution in [2.24, 2.45) is 0 Å². The first kappa shape index (κ1) is 66.0. The summed E-state index contributed by atoms with van der Waals surface area (Å²) in [6, 6.07) is 145. The molecule has 6 nitrogen and oxygen atoms in total. The fraction of sp³-hybridized carbons (Fsp3) is 0. The summed E-state index contributed by atoms with van der Waals surface area (Å²) < 4.78 is 13.3. The molecule has 0 spiro atoms. The number of para-hydroxylation sites is 2. The number of anilines is 6. The normalized spacial score (nSPS) is 11.3. The van der Waals surface area contributed by atoms with E-state index in [9.17, 15) is 0 Å². The van der Waals surface area contributed by atoms with Gasteiger partial charge in [-0.3, -0.25) is 9.97 Å². The summed E-state index contributed by atoms with van der Waals surface area (Å²) in [6.07, 6.45) is 3.75. The predicted molar refractivity (Wildman–Crippen MR) is 461 cm³/mol. The molecule has 0 aliphatic rings. The van der Waals surface area contributed by atoms with Crippen LogP contribution < -0.4 is 9.80 Å². The van der Waals surface area contributed by atoms with Gasteiger partial charge in [0.2, 0.25) is 0 Å². The molecule has 0 radical (unpaired) electrons. The fourth-order valence-corrected chi connectivity index (χ4v) is 15.6. The van der Waals surface area contributed by atoms with E-state index in [1.54, 1.807) is 0 Å². The van der Waals surface area contributed by atoms with E-state index in [4.69, 9.17) is 8.83 Å². The molecule has 0 aliphatic heterocycles. The second-order valence-electron chi connectivity index (χ2n) is 27.5. The van der Waals surface area contributed by atoms with E-state index in [0.717, 1.165) is 99.8 Å². The Labute approximate surface area is 637 Å². The largest absolute Gasteiger partial charge is 0.454 e. The Morgan fingerprint density at radius 3 is 0.991 bits per heavy atom. The minimum Gasteiger partial charge on any atom is -0.454 e. The lowest BCUT2D eigenvalue weighted by molar-refractivity contribution is 0.669. The van der Waals surface area contributed by atoms with Crippen molar-refractivity contribution in [3.05, 3.63) is 425 Å². The molecule has 0 amide bonds. The zero-order valence-electron chi connectivity index (χ0n) is 60.0. The summed E-state index contributed by atoms with van der Waals surface area (Å²) in [7, 11) is 0. The van der Waals surface area contributed by atoms with E-state index >= 15 is 0 Å². The molecule has 4 heterocycles. The first-order valence-electron chi connectivity index (χ1n) is 37.2. The van der Waals surface area contributed by atoms with E-state index in [1.807, 2.05) is 30.6 Å². The van der Waals surface area contributed by atoms with Crippen LogP contribution in [-0.4, -0.2) is 9.97 Å². The smallest absolute Gasteiger partial charge is 0.160 e. The molecular formula is C104H70N4O2. The highest BCUT2D eigenvalue weighted by Crippen LogP contribution is 2.48. The molecule has 17 aromatic carbocycles. The first-order chi connectivity index (χ1) is 54.6. The van der Waals surface area contributed by atoms with Crippen molar-refractivity contribution in [3.8, 4) is 66.8 Å². The minimum absolute atomic E-state index is 0.878. The molecular weight excluding hydrogens is 1340 g/mol. The Hall–Kier alpha value is -14.7. The van der Waals surface area contributed by atoms with Gasteiger partial charge in [-0.05, 0) is 173 Å². The molecule has 0 N–H and O–H groups in total. The molecule has 4 aromatic heterocycles. The number of furan rings is 2. The molecule has 0 bridgehead atoms. The predicted octanol–water partition coefficient (Wildman–Crippen LogP) is 29.2. The van der Waals surface area contributed by atoms with Crippen LogP contribution in [0, 0.1) is 0 Å². The standard InChI is InChI=1S/2C40H27NO.C24H16N2/c1-3-11-28(12-4-1)30-19-23-33(24-20-30)41(34-25-21-31(22-26-34)29-13-5-2-6-14-29)37-27-32-15-7-8-16-35(32)39-36-17-9-10-18-38(36)42-40(37)39;1-3-10-28(11-4-1)30-18-23-33(24-19-30)41(34-25-20-31(21-26-34)29-12-5-2-6-13-29)37-17-9-16-36-39-35-15-8-7-14-32(35)22-27-38(39)42-40(36)37;1-3-7-17(8-4-1)19-13-15-25-23-21(19)11-12-22-20(14-16-26-24(22)23)18-9-5-2-6-10-18/h2*1-27H;1-16H. The number of benzene rings is 17. The van der Waals surface area contributed by atoms with Crippen LogP contribution in [0.4, 0.5) is 34.1 Å². The topological polar surface area (TPSA) is 58.5 Å². The van der Waals surface area contributed by atoms with Crippen molar-refractivity contribution in [1.82, 2.24) is 9.97 Å². The van der Waals surface area contributed by atoms with Crippen molar-refractivity contribution >= 4 is 121 Å². The summed E-state index contributed by atoms with van der Waals surface area (Å²) in [5, 5.41) is 11.6. The number of pyridine rings is 2. The van der Waals surface area contributed by atoms with Gasteiger partial charge in [0.05, 0.1) is 22.4 Å². The maximum absolute atomic E-state index is 6.66. The molecule has 0 atom stereocenters. The highest BCUT2D eigenvalue weighted by molar-refractivity contribution is 6.24. The Morgan fingerprint density at radius 2 is 0.545 bits per heavy atom. The Kier molecular flexibility index (Phi) is 17.6. The van der Waals surface area contributed by atoms with E-state index < -0.39 is 0 Å². The lowest BCUT2D eigenvalue weighted by Crippen LogP contribution is -2.10. The van der Waals surface area contributed by atoms with Gasteiger partial charge in [-0.2, -0.15) is 0 Å². The Bertz CT molecular complexity index is 6570. The van der Waals surface area contributed by atoms with Gasteiger partial charge in [-0.1, -0.05) is 328 Å². The van der Waals surface area contributed by atoms with Gasteiger partial charge in [0.25, 0.3) is 0 Å². The summed E-state index contributed by atoms with van der Waals surface area (Å²) >= 11 is 0. The average Bonchev–Trinajstić information content (AvgIpc) is 1.56. The second-order valence-corrected chi connectivity index (χ2v) is 27.5. The van der Waals surface area contributed by atoms with Gasteiger partial charge in [0.1, 0.15) is 11.2 Å². The first-order valence-corrected chi connectivity index (χ1v) is 37.2. The minimum atomic E-state index is 0.878. The van der Waals surface area contributed by atoms with Gasteiger partial charge >= 0.3 is 0 Å². The molecule has 0 fully saturated rings. The van der Waals surface area contributed by atoms with Crippen LogP contribution in [0.3, 0.4) is 0 Å². The van der Waals surface area contributed by atoms with Crippen LogP contribution in [0.15, 0.2) is 434 Å². The van der Waals surface area contributed by atoms with Crippen molar-refractivity contribution in [2.75, 3.05) is 9.80 Å². The SMILES string of the molecule is c1ccc(-c2ccc(N(c3ccc(-c4ccccc4)cc3)c3cc4ccccc4c4c3oc3ccccc34)cc2)cc1.c1ccc(-c2ccc(N(c3ccc(-c4ccccc4)cc3)c3cccc4c3oc3ccc5ccccc5c34)cc2)cc1.c1ccc(-c2ccnc3c2ccc2c(-c4ccccc4)ccnc23)cc1. The summed E-state index contributed by atoms with van der Waals surface area (Å²) in [6.45, 7) is 0. The van der Waals surface area contributed by atoms with Gasteiger partial charge in [-0.15, -0.1) is 0 Å². The lowest BCUT2D eigenvalue weighted by Gasteiger charge is -2.26. The van der Waals surface area contributed by atoms with Crippen LogP contribution in [0.1, 0.15) is 0 Å². The monoisotopic (exact) mass is 1410 g/mol. The van der Waals surface area contributed by atoms with E-state index in [0.29, 0.717) is 0 Å². The third kappa shape index (κ3) is 12.7. The van der Waals surface area contributed by atoms with E-state index in [2.05, 4.69) is 414 Å². The van der Waals surface area contributed by atoms with Crippen molar-refractivity contribution in [2.45, 2.75) is 0 Å². The molecule has 0 saturated carbocycles. The Balaban J connectivity index is 0.000000115. The third-order valence-electron chi connectivity index (χ3n) is 20.9. The summed E-state index contributed by atoms with van der Waals surface area (Å²) in [5.41, 5.74) is 26.1. The quantitative estimate of drug-likeness (QED) is 0.114. The lowest BCUT2D eigenvalue weighted by atomic mass is 9.97. The maximum Gasteiger partial charge on any atom is 0.160 e. The van der Waals surface area contributed by atoms with Gasteiger partial charge in [-0.25, -0.2) is 0 Å². The number of hydrogen-bond donors (Lipinski definition) is 0. The number of rotatable bonds is 12. The van der Waals surface area contributed by atoms with Gasteiger partial charge in [0, 0.05) is 67.5 Å². The molecule has 0 saturated heterocycles. The second kappa shape index (κ2) is 29.3. The number of fused-ring (bicyclic) bond motifs is 13. The summed E-state index contributed by atoms with van der Waals surface area (Å²) in [5.74, 6) is 0. The van der Waals surface area contributed by atoms with E-state index in [1.165, 1.54) is 88.3 Å². The highest BCUT2D eigenvalue weighted by atomic mass is 16.3. The van der Waals surface area contributed by atoms with Crippen LogP contribution in [0.25, 0.3) is 154 Å². The van der Waals surface area contributed by atoms with Gasteiger partial charge < -0.3 is 18.6 Å². The molecule has 21 aromatic rings. The number of hydrogen-bond acceptors (Lipinski definition) is 6. The van der Waals surface area contributed by atoms with Crippen LogP contribution in [-0.2, 0) is 0 Å². The number of aromatic nitrogens is 2. The molecule has 110 heavy (non-hydrogen) atoms. The Morgan fingerprint density at radius 1 is 0.200 bits per heavy atom. The molecule has 6 heteroatoms. The molecule has 518 valence electrons. The van der Waals surface area contributed by atoms with Crippen molar-refractivity contribution in [3.63, 3.8) is 0 Å². The zero-order valence-corrected chi connectivity index (χ0v) is 60.0. The van der Waals surface area contributed by atoms with Crippen LogP contribution in [0.5, 0.6) is 0 Å². The number of nitrogens with zero attached hydrogens (tertiary/aromatic N) is 4. The highest BCUT2D eigenvalue weighted by Gasteiger charge is 2.24. The average molecular weight is 1410 g/mol. The third-order valence-corrected chi connectivity index (χ3v) is 20.9. The van der Waals surface area contributed by atoms with Crippen molar-refractivity contribution in [1.29, 1.82) is 0 Å². The molecule has 0 aliphatic carbocycles. The van der Waals surface area contributed by atoms with Crippen molar-refractivity contribution < 1.29 is 8.83 Å². The summed E-state index contributed by atoms with van der Waals surface area (Å²) in [4.78, 5) is 14.0. The molecule has 21 rings (SSSR count). The molecule has 0 unspecified atom stereocenters. The van der Waals surface area contributed by atoms with Gasteiger partial charge in [0.15, 0.2) is 11.2 Å². The zero-order chi connectivity index (χ0) is 73.1. The van der Waals surface area contributed by atoms with Crippen LogP contribution in [0.2, 0.25) is 0 Å². The maximum atomic E-state index is 6.66.